The minimum Gasteiger partial charge on any atom is -0.265 e. The van der Waals surface area contributed by atoms with Gasteiger partial charge in [-0.05, 0) is 19.1 Å². The first-order valence-electron chi connectivity index (χ1n) is 11.3. The Hall–Kier alpha value is -1.63. The van der Waals surface area contributed by atoms with E-state index < -0.39 is 0 Å². The molecule has 1 aromatic carbocycles. The minimum absolute atomic E-state index is 1.32. The molecule has 1 aromatic heterocycles. The van der Waals surface area contributed by atoms with E-state index in [0.717, 1.165) is 0 Å². The van der Waals surface area contributed by atoms with Gasteiger partial charge in [0, 0.05) is 12.4 Å². The molecule has 0 bridgehead atoms. The normalized spacial score (nSPS) is 5.59. The van der Waals surface area contributed by atoms with Crippen LogP contribution < -0.4 is 0 Å². The van der Waals surface area contributed by atoms with E-state index in [0.29, 0.717) is 0 Å². The van der Waals surface area contributed by atoms with Crippen molar-refractivity contribution in [2.75, 3.05) is 0 Å². The predicted octanol–water partition coefficient (Wildman–Crippen LogP) is 10.3. The highest BCUT2D eigenvalue weighted by molar-refractivity contribution is 5.11. The molecule has 0 fully saturated rings. The Kier molecular flexibility index (Phi) is 144. The highest BCUT2D eigenvalue weighted by atomic mass is 14.6. The quantitative estimate of drug-likeness (QED) is 0.442. The smallest absolute Gasteiger partial charge is 0.0267 e. The van der Waals surface area contributed by atoms with Gasteiger partial charge in [-0.1, -0.05) is 139 Å². The lowest BCUT2D eigenvalue weighted by Gasteiger charge is -1.82. The molecular formula is C26H55N. The molecule has 2 rings (SSSR count). The summed E-state index contributed by atoms with van der Waals surface area (Å²) in [4.78, 5) is 3.78. The monoisotopic (exact) mass is 381 g/mol. The van der Waals surface area contributed by atoms with Crippen molar-refractivity contribution in [3.63, 3.8) is 0 Å². The van der Waals surface area contributed by atoms with E-state index in [4.69, 9.17) is 0 Å². The third kappa shape index (κ3) is 79.7. The van der Waals surface area contributed by atoms with E-state index >= 15 is 0 Å². The van der Waals surface area contributed by atoms with Gasteiger partial charge in [0.1, 0.15) is 0 Å². The van der Waals surface area contributed by atoms with Crippen molar-refractivity contribution in [3.05, 3.63) is 66.5 Å². The maximum atomic E-state index is 3.78. The molecule has 1 heteroatoms. The van der Waals surface area contributed by atoms with Crippen molar-refractivity contribution >= 4 is 0 Å². The third-order valence-corrected chi connectivity index (χ3v) is 1.51. The molecule has 0 amide bonds. The highest BCUT2D eigenvalue weighted by Gasteiger charge is 1.72. The van der Waals surface area contributed by atoms with Crippen molar-refractivity contribution in [1.82, 2.24) is 4.98 Å². The second kappa shape index (κ2) is 87.0. The van der Waals surface area contributed by atoms with Crippen LogP contribution in [-0.2, 0) is 0 Å². The van der Waals surface area contributed by atoms with Crippen LogP contribution in [0.15, 0.2) is 60.9 Å². The maximum Gasteiger partial charge on any atom is 0.0267 e. The molecule has 1 heterocycles. The zero-order valence-corrected chi connectivity index (χ0v) is 21.7. The van der Waals surface area contributed by atoms with Crippen LogP contribution in [0, 0.1) is 6.92 Å². The summed E-state index contributed by atoms with van der Waals surface area (Å²) in [7, 11) is 0. The standard InChI is InChI=1S/C7H8.C5H5N.7C2H6/c1-7-5-3-2-4-6-7;1-2-4-6-5-3-1;7*1-2/h2-6H,1H3;1-5H;7*1-2H3. The summed E-state index contributed by atoms with van der Waals surface area (Å²) >= 11 is 0. The summed E-state index contributed by atoms with van der Waals surface area (Å²) < 4.78 is 0. The molecule has 0 atom stereocenters. The van der Waals surface area contributed by atoms with Gasteiger partial charge in [0.05, 0.1) is 0 Å². The lowest BCUT2D eigenvalue weighted by Crippen LogP contribution is -1.62. The summed E-state index contributed by atoms with van der Waals surface area (Å²) in [5.74, 6) is 0. The molecule has 0 unspecified atom stereocenters. The number of pyridine rings is 1. The molecule has 0 spiro atoms. The van der Waals surface area contributed by atoms with Gasteiger partial charge in [0.15, 0.2) is 0 Å². The first-order valence-corrected chi connectivity index (χ1v) is 11.3. The van der Waals surface area contributed by atoms with Crippen molar-refractivity contribution in [2.24, 2.45) is 0 Å². The van der Waals surface area contributed by atoms with Gasteiger partial charge in [-0.2, -0.15) is 0 Å². The molecule has 0 saturated carbocycles. The van der Waals surface area contributed by atoms with Crippen molar-refractivity contribution in [3.8, 4) is 0 Å². The fraction of sp³-hybridized carbons (Fsp3) is 0.577. The lowest BCUT2D eigenvalue weighted by atomic mass is 10.2. The Labute approximate surface area is 175 Å². The maximum absolute atomic E-state index is 3.78. The number of hydrogen-bond acceptors (Lipinski definition) is 1. The summed E-state index contributed by atoms with van der Waals surface area (Å²) in [5.41, 5.74) is 1.32. The van der Waals surface area contributed by atoms with Crippen LogP contribution in [0.3, 0.4) is 0 Å². The molecule has 164 valence electrons. The molecule has 0 radical (unpaired) electrons. The van der Waals surface area contributed by atoms with Crippen LogP contribution in [0.2, 0.25) is 0 Å². The van der Waals surface area contributed by atoms with Gasteiger partial charge in [-0.3, -0.25) is 4.98 Å². The second-order valence-electron chi connectivity index (χ2n) is 2.68. The number of aromatic nitrogens is 1. The van der Waals surface area contributed by atoms with Crippen LogP contribution in [0.1, 0.15) is 102 Å². The summed E-state index contributed by atoms with van der Waals surface area (Å²) in [5, 5.41) is 0. The van der Waals surface area contributed by atoms with E-state index in [1.54, 1.807) is 12.4 Å². The van der Waals surface area contributed by atoms with Crippen LogP contribution in [0.25, 0.3) is 0 Å². The average molecular weight is 382 g/mol. The van der Waals surface area contributed by atoms with Crippen LogP contribution in [-0.4, -0.2) is 4.98 Å². The molecule has 0 aliphatic rings. The van der Waals surface area contributed by atoms with E-state index in [1.807, 2.05) is 133 Å². The van der Waals surface area contributed by atoms with Gasteiger partial charge in [-0.15, -0.1) is 0 Å². The van der Waals surface area contributed by atoms with Crippen LogP contribution in [0.5, 0.6) is 0 Å². The number of nitrogens with zero attached hydrogens (tertiary/aromatic N) is 1. The molecule has 1 nitrogen and oxygen atoms in total. The SMILES string of the molecule is CC.CC.CC.CC.CC.CC.CC.Cc1ccccc1.c1ccncc1. The van der Waals surface area contributed by atoms with Gasteiger partial charge in [0.2, 0.25) is 0 Å². The molecule has 2 aromatic rings. The Morgan fingerprint density at radius 1 is 0.407 bits per heavy atom. The third-order valence-electron chi connectivity index (χ3n) is 1.51. The zero-order chi connectivity index (χ0) is 23.4. The van der Waals surface area contributed by atoms with Crippen LogP contribution >= 0.6 is 0 Å². The van der Waals surface area contributed by atoms with Crippen molar-refractivity contribution in [2.45, 2.75) is 104 Å². The fourth-order valence-corrected chi connectivity index (χ4v) is 0.847. The highest BCUT2D eigenvalue weighted by Crippen LogP contribution is 1.92. The number of hydrogen-bond donors (Lipinski definition) is 0. The second-order valence-corrected chi connectivity index (χ2v) is 2.68. The molecule has 0 saturated heterocycles. The lowest BCUT2D eigenvalue weighted by molar-refractivity contribution is 1.33. The van der Waals surface area contributed by atoms with Gasteiger partial charge < -0.3 is 0 Å². The number of rotatable bonds is 0. The van der Waals surface area contributed by atoms with E-state index in [1.165, 1.54) is 5.56 Å². The number of benzene rings is 1. The van der Waals surface area contributed by atoms with Gasteiger partial charge in [-0.25, -0.2) is 0 Å². The average Bonchev–Trinajstić information content (AvgIpc) is 2.85. The van der Waals surface area contributed by atoms with E-state index in [2.05, 4.69) is 24.0 Å². The molecular weight excluding hydrogens is 326 g/mol. The van der Waals surface area contributed by atoms with E-state index in [9.17, 15) is 0 Å². The van der Waals surface area contributed by atoms with Gasteiger partial charge in [0.25, 0.3) is 0 Å². The van der Waals surface area contributed by atoms with Gasteiger partial charge >= 0.3 is 0 Å². The Morgan fingerprint density at radius 2 is 0.667 bits per heavy atom. The molecule has 27 heavy (non-hydrogen) atoms. The van der Waals surface area contributed by atoms with Crippen molar-refractivity contribution < 1.29 is 0 Å². The topological polar surface area (TPSA) is 12.9 Å². The molecule has 0 aliphatic heterocycles. The Morgan fingerprint density at radius 3 is 0.778 bits per heavy atom. The predicted molar refractivity (Wildman–Crippen MR) is 135 cm³/mol. The van der Waals surface area contributed by atoms with Crippen LogP contribution in [0.4, 0.5) is 0 Å². The summed E-state index contributed by atoms with van der Waals surface area (Å²) in [6.45, 7) is 30.1. The summed E-state index contributed by atoms with van der Waals surface area (Å²) in [6, 6.07) is 16.0. The van der Waals surface area contributed by atoms with E-state index in [-0.39, 0.29) is 0 Å². The largest absolute Gasteiger partial charge is 0.265 e. The molecule has 0 N–H and O–H groups in total. The zero-order valence-electron chi connectivity index (χ0n) is 21.7. The first kappa shape index (κ1) is 44.6. The minimum atomic E-state index is 1.32. The number of aryl methyl sites for hydroxylation is 1. The Balaban J connectivity index is -0.0000000366. The van der Waals surface area contributed by atoms with Crippen molar-refractivity contribution in [1.29, 1.82) is 0 Å². The first-order chi connectivity index (χ1) is 13.4. The molecule has 0 aliphatic carbocycles. The Bertz CT molecular complexity index is 277. The summed E-state index contributed by atoms with van der Waals surface area (Å²) in [6.07, 6.45) is 3.50. The fourth-order valence-electron chi connectivity index (χ4n) is 0.847.